The summed E-state index contributed by atoms with van der Waals surface area (Å²) in [7, 11) is 4.10. The Hall–Kier alpha value is -3.76. The Morgan fingerprint density at radius 2 is 1.42 bits per heavy atom. The van der Waals surface area contributed by atoms with Crippen molar-refractivity contribution in [2.24, 2.45) is 11.7 Å². The average Bonchev–Trinajstić information content (AvgIpc) is 2.89. The smallest absolute Gasteiger partial charge is 0.328 e. The molecule has 0 radical (unpaired) electrons. The van der Waals surface area contributed by atoms with Gasteiger partial charge in [0.1, 0.15) is 5.41 Å². The van der Waals surface area contributed by atoms with E-state index in [2.05, 4.69) is 15.1 Å². The first-order valence-electron chi connectivity index (χ1n) is 12.3. The van der Waals surface area contributed by atoms with Gasteiger partial charge in [-0.25, -0.2) is 9.59 Å². The van der Waals surface area contributed by atoms with E-state index in [4.69, 9.17) is 28.2 Å². The maximum Gasteiger partial charge on any atom is 0.328 e. The van der Waals surface area contributed by atoms with E-state index in [0.29, 0.717) is 12.2 Å². The van der Waals surface area contributed by atoms with Crippen molar-refractivity contribution in [3.63, 3.8) is 0 Å². The van der Waals surface area contributed by atoms with Crippen LogP contribution in [0.3, 0.4) is 0 Å². The van der Waals surface area contributed by atoms with Crippen LogP contribution in [0.5, 0.6) is 0 Å². The molecule has 1 heterocycles. The predicted octanol–water partition coefficient (Wildman–Crippen LogP) is 2.32. The number of nitrogens with zero attached hydrogens (tertiary/aromatic N) is 2. The van der Waals surface area contributed by atoms with Gasteiger partial charge in [0.05, 0.1) is 0 Å². The Balaban J connectivity index is 0.000000550. The van der Waals surface area contributed by atoms with E-state index < -0.39 is 17.4 Å². The summed E-state index contributed by atoms with van der Waals surface area (Å²) in [5, 5.41) is 19.8. The molecule has 0 atom stereocenters. The number of carboxylic acids is 2. The molecule has 1 saturated heterocycles. The van der Waals surface area contributed by atoms with Gasteiger partial charge < -0.3 is 31.1 Å². The number of hydrogen-bond donors (Lipinski definition) is 4. The Morgan fingerprint density at radius 3 is 1.79 bits per heavy atom. The number of likely N-dealkylation sites (tertiary alicyclic amines) is 1. The molecule has 0 aliphatic carbocycles. The molecule has 0 aromatic heterocycles. The summed E-state index contributed by atoms with van der Waals surface area (Å²) in [5.41, 5.74) is 7.25. The summed E-state index contributed by atoms with van der Waals surface area (Å²) in [6.45, 7) is 3.38. The minimum atomic E-state index is -1.26. The van der Waals surface area contributed by atoms with Gasteiger partial charge in [-0.3, -0.25) is 4.79 Å². The van der Waals surface area contributed by atoms with E-state index >= 15 is 0 Å². The quantitative estimate of drug-likeness (QED) is 0.279. The van der Waals surface area contributed by atoms with Crippen LogP contribution < -0.4 is 11.1 Å². The van der Waals surface area contributed by atoms with Crippen LogP contribution in [0.4, 0.5) is 0 Å². The monoisotopic (exact) mass is 540 g/mol. The molecule has 0 bridgehead atoms. The molecule has 1 aliphatic heterocycles. The fourth-order valence-electron chi connectivity index (χ4n) is 4.68. The van der Waals surface area contributed by atoms with Crippen LogP contribution in [0.1, 0.15) is 24.0 Å². The van der Waals surface area contributed by atoms with Crippen LogP contribution in [-0.4, -0.2) is 83.2 Å². The summed E-state index contributed by atoms with van der Waals surface area (Å²) in [6.07, 6.45) is 2.81. The van der Waals surface area contributed by atoms with Crippen LogP contribution in [0, 0.1) is 5.92 Å². The standard InChI is InChI=1S/C24H32N4OS.C4H4O4/c1-27(2)18-15-26-23(30)28-16-13-21(14-17-28)24(22(25)29,19-9-5-3-6-10-19)20-11-7-4-8-12-20;5-3(6)1-2-4(7)8/h3-12,21H,13-18H2,1-2H3,(H2,25,29)(H,26,30);1-2H,(H,5,6)(H,7,8)/b;2-1+. The maximum absolute atomic E-state index is 13.1. The van der Waals surface area contributed by atoms with E-state index in [0.717, 1.165) is 55.3 Å². The van der Waals surface area contributed by atoms with Crippen LogP contribution in [-0.2, 0) is 19.8 Å². The Labute approximate surface area is 228 Å². The topological polar surface area (TPSA) is 136 Å². The minimum absolute atomic E-state index is 0.112. The van der Waals surface area contributed by atoms with Crippen LogP contribution in [0.25, 0.3) is 0 Å². The summed E-state index contributed by atoms with van der Waals surface area (Å²) in [4.78, 5) is 36.6. The minimum Gasteiger partial charge on any atom is -0.478 e. The van der Waals surface area contributed by atoms with Gasteiger partial charge >= 0.3 is 11.9 Å². The third-order valence-electron chi connectivity index (χ3n) is 6.45. The van der Waals surface area contributed by atoms with Crippen molar-refractivity contribution >= 4 is 35.2 Å². The highest BCUT2D eigenvalue weighted by Gasteiger charge is 2.48. The molecule has 10 heteroatoms. The lowest BCUT2D eigenvalue weighted by atomic mass is 9.62. The molecule has 0 spiro atoms. The molecular weight excluding hydrogens is 504 g/mol. The zero-order chi connectivity index (χ0) is 28.1. The maximum atomic E-state index is 13.1. The second-order valence-corrected chi connectivity index (χ2v) is 9.60. The number of hydrogen-bond acceptors (Lipinski definition) is 5. The van der Waals surface area contributed by atoms with Gasteiger partial charge in [-0.15, -0.1) is 0 Å². The van der Waals surface area contributed by atoms with Crippen molar-refractivity contribution in [2.45, 2.75) is 18.3 Å². The predicted molar refractivity (Wildman–Crippen MR) is 151 cm³/mol. The number of aliphatic carboxylic acids is 2. The fourth-order valence-corrected chi connectivity index (χ4v) is 4.97. The first-order chi connectivity index (χ1) is 18.1. The molecule has 9 nitrogen and oxygen atoms in total. The molecule has 3 rings (SSSR count). The number of amides is 1. The Bertz CT molecular complexity index is 1050. The van der Waals surface area contributed by atoms with E-state index in [9.17, 15) is 14.4 Å². The molecule has 1 aliphatic rings. The number of likely N-dealkylation sites (N-methyl/N-ethyl adjacent to an activating group) is 1. The molecular formula is C28H36N4O5S. The molecule has 204 valence electrons. The normalized spacial score (nSPS) is 14.0. The molecule has 1 amide bonds. The number of carbonyl (C=O) groups excluding carboxylic acids is 1. The zero-order valence-electron chi connectivity index (χ0n) is 21.7. The number of carboxylic acid groups (broad SMARTS) is 2. The summed E-state index contributed by atoms with van der Waals surface area (Å²) >= 11 is 5.60. The van der Waals surface area contributed by atoms with Gasteiger partial charge in [-0.1, -0.05) is 60.7 Å². The first-order valence-corrected chi connectivity index (χ1v) is 12.7. The number of nitrogens with two attached hydrogens (primary N) is 1. The molecule has 0 unspecified atom stereocenters. The van der Waals surface area contributed by atoms with Crippen molar-refractivity contribution in [1.82, 2.24) is 15.1 Å². The van der Waals surface area contributed by atoms with Gasteiger partial charge in [0, 0.05) is 38.3 Å². The lowest BCUT2D eigenvalue weighted by Gasteiger charge is -2.44. The number of carbonyl (C=O) groups is 3. The SMILES string of the molecule is CN(C)CCNC(=S)N1CCC(C(C(N)=O)(c2ccccc2)c2ccccc2)CC1.O=C(O)/C=C/C(=O)O. The van der Waals surface area contributed by atoms with Crippen molar-refractivity contribution in [1.29, 1.82) is 0 Å². The molecule has 0 saturated carbocycles. The van der Waals surface area contributed by atoms with Crippen molar-refractivity contribution in [3.05, 3.63) is 83.9 Å². The van der Waals surface area contributed by atoms with Crippen molar-refractivity contribution < 1.29 is 24.6 Å². The lowest BCUT2D eigenvalue weighted by Crippen LogP contribution is -2.53. The molecule has 38 heavy (non-hydrogen) atoms. The largest absolute Gasteiger partial charge is 0.478 e. The first kappa shape index (κ1) is 30.5. The van der Waals surface area contributed by atoms with Gasteiger partial charge in [-0.2, -0.15) is 0 Å². The number of piperidine rings is 1. The third kappa shape index (κ3) is 8.39. The van der Waals surface area contributed by atoms with E-state index in [1.807, 2.05) is 74.8 Å². The summed E-state index contributed by atoms with van der Waals surface area (Å²) in [5.74, 6) is -2.69. The Morgan fingerprint density at radius 1 is 0.974 bits per heavy atom. The second-order valence-electron chi connectivity index (χ2n) is 9.21. The number of benzene rings is 2. The molecule has 2 aromatic rings. The van der Waals surface area contributed by atoms with Crippen LogP contribution in [0.15, 0.2) is 72.8 Å². The van der Waals surface area contributed by atoms with Gasteiger partial charge in [0.2, 0.25) is 5.91 Å². The van der Waals surface area contributed by atoms with Gasteiger partial charge in [0.15, 0.2) is 5.11 Å². The highest BCUT2D eigenvalue weighted by atomic mass is 32.1. The summed E-state index contributed by atoms with van der Waals surface area (Å²) in [6, 6.07) is 20.0. The van der Waals surface area contributed by atoms with Crippen LogP contribution >= 0.6 is 12.2 Å². The molecule has 5 N–H and O–H groups in total. The third-order valence-corrected chi connectivity index (χ3v) is 6.85. The van der Waals surface area contributed by atoms with Crippen LogP contribution in [0.2, 0.25) is 0 Å². The number of rotatable bonds is 9. The molecule has 1 fully saturated rings. The highest BCUT2D eigenvalue weighted by molar-refractivity contribution is 7.80. The lowest BCUT2D eigenvalue weighted by molar-refractivity contribution is -0.134. The van der Waals surface area contributed by atoms with Crippen molar-refractivity contribution in [2.75, 3.05) is 40.3 Å². The van der Waals surface area contributed by atoms with E-state index in [-0.39, 0.29) is 11.8 Å². The van der Waals surface area contributed by atoms with Crippen molar-refractivity contribution in [3.8, 4) is 0 Å². The van der Waals surface area contributed by atoms with E-state index in [1.54, 1.807) is 0 Å². The zero-order valence-corrected chi connectivity index (χ0v) is 22.6. The number of thiocarbonyl (C=S) groups is 1. The van der Waals surface area contributed by atoms with Gasteiger partial charge in [0.25, 0.3) is 0 Å². The molecule has 2 aromatic carbocycles. The fraction of sp³-hybridized carbons (Fsp3) is 0.357. The van der Waals surface area contributed by atoms with Gasteiger partial charge in [-0.05, 0) is 56.2 Å². The number of primary amides is 1. The van der Waals surface area contributed by atoms with E-state index in [1.165, 1.54) is 0 Å². The number of nitrogens with one attached hydrogen (secondary N) is 1. The summed E-state index contributed by atoms with van der Waals surface area (Å²) < 4.78 is 0. The second kappa shape index (κ2) is 14.8. The highest BCUT2D eigenvalue weighted by Crippen LogP contribution is 2.44. The average molecular weight is 541 g/mol. The Kier molecular flexibility index (Phi) is 11.9.